The summed E-state index contributed by atoms with van der Waals surface area (Å²) in [6, 6.07) is 17.8. The van der Waals surface area contributed by atoms with E-state index in [1.54, 1.807) is 18.4 Å². The zero-order valence-electron chi connectivity index (χ0n) is 14.4. The Morgan fingerprint density at radius 1 is 1.00 bits per heavy atom. The maximum Gasteiger partial charge on any atom is 0.271 e. The van der Waals surface area contributed by atoms with Gasteiger partial charge in [0.2, 0.25) is 0 Å². The normalized spacial score (nSPS) is 10.6. The Balaban J connectivity index is 0.000000434. The predicted molar refractivity (Wildman–Crippen MR) is 103 cm³/mol. The Morgan fingerprint density at radius 2 is 1.61 bits per heavy atom. The molecule has 3 N–H and O–H groups in total. The number of aldehydes is 1. The van der Waals surface area contributed by atoms with E-state index in [1.165, 1.54) is 0 Å². The molecular weight excluding hydrogens is 560 g/mol. The summed E-state index contributed by atoms with van der Waals surface area (Å²) in [7, 11) is -4.28. The molecule has 6 nitrogen and oxygen atoms in total. The van der Waals surface area contributed by atoms with E-state index in [1.807, 2.05) is 36.4 Å². The van der Waals surface area contributed by atoms with Crippen molar-refractivity contribution in [2.45, 2.75) is 17.7 Å². The SMILES string of the molecule is O.O=S(=O)(O)c1[c-]cc2ccc3cccc4ccc1c2c34.O=[C-]CCC=O.[Ir]. The minimum absolute atomic E-state index is 0. The molecule has 0 aliphatic carbocycles. The minimum Gasteiger partial charge on any atom is -0.542 e. The van der Waals surface area contributed by atoms with Gasteiger partial charge in [-0.1, -0.05) is 30.3 Å². The molecule has 0 aliphatic rings. The Kier molecular flexibility index (Phi) is 8.35. The van der Waals surface area contributed by atoms with Gasteiger partial charge in [0.1, 0.15) is 6.29 Å². The second-order valence-electron chi connectivity index (χ2n) is 5.66. The second kappa shape index (κ2) is 9.82. The van der Waals surface area contributed by atoms with E-state index in [0.29, 0.717) is 18.1 Å². The summed E-state index contributed by atoms with van der Waals surface area (Å²) < 4.78 is 32.4. The van der Waals surface area contributed by atoms with Gasteiger partial charge in [-0.05, 0) is 27.5 Å². The number of carbonyl (C=O) groups is 1. The fourth-order valence-corrected chi connectivity index (χ4v) is 3.63. The van der Waals surface area contributed by atoms with Crippen LogP contribution in [0.5, 0.6) is 0 Å². The van der Waals surface area contributed by atoms with Gasteiger partial charge in [-0.25, -0.2) is 0 Å². The van der Waals surface area contributed by atoms with Crippen LogP contribution in [0, 0.1) is 6.07 Å². The summed E-state index contributed by atoms with van der Waals surface area (Å²) in [6.07, 6.45) is 2.84. The molecule has 4 aromatic carbocycles. The molecule has 149 valence electrons. The number of unbranched alkanes of at least 4 members (excludes halogenated alkanes) is 1. The average molecular weight is 577 g/mol. The molecule has 1 radical (unpaired) electrons. The maximum atomic E-state index is 11.5. The number of hydrogen-bond acceptors (Lipinski definition) is 4. The van der Waals surface area contributed by atoms with Gasteiger partial charge in [0, 0.05) is 20.1 Å². The predicted octanol–water partition coefficient (Wildman–Crippen LogP) is 2.88. The van der Waals surface area contributed by atoms with Crippen LogP contribution >= 0.6 is 0 Å². The Labute approximate surface area is 175 Å². The molecule has 0 atom stereocenters. The minimum atomic E-state index is -4.28. The molecular formula is C20H16IrO6S-2. The molecule has 0 aliphatic heterocycles. The fraction of sp³-hybridized carbons (Fsp3) is 0.100. The zero-order chi connectivity index (χ0) is 18.7. The molecule has 0 saturated carbocycles. The van der Waals surface area contributed by atoms with E-state index in [-0.39, 0.29) is 36.9 Å². The van der Waals surface area contributed by atoms with Crippen LogP contribution in [-0.4, -0.2) is 31.0 Å². The molecule has 0 heterocycles. The van der Waals surface area contributed by atoms with Gasteiger partial charge in [-0.15, -0.1) is 34.7 Å². The van der Waals surface area contributed by atoms with Crippen molar-refractivity contribution < 1.29 is 48.1 Å². The fourth-order valence-electron chi connectivity index (χ4n) is 2.97. The quantitative estimate of drug-likeness (QED) is 0.132. The average Bonchev–Trinajstić information content (AvgIpc) is 2.64. The third-order valence-electron chi connectivity index (χ3n) is 4.03. The van der Waals surface area contributed by atoms with Gasteiger partial charge in [-0.3, -0.25) is 10.8 Å². The van der Waals surface area contributed by atoms with Crippen LogP contribution in [0.1, 0.15) is 12.8 Å². The molecule has 0 spiro atoms. The standard InChI is InChI=1S/C16H9O3S.C4H5O2.Ir.H2O/c17-20(18,19)14-9-7-12-5-4-10-2-1-3-11-6-8-13(14)16(12)15(10)11;5-3-1-2-4-6;;/h1-8H,(H,17,18,19);3H,1-2H2;;1H2/q2*-1;;. The van der Waals surface area contributed by atoms with E-state index in [2.05, 4.69) is 6.07 Å². The first-order chi connectivity index (χ1) is 12.5. The first-order valence-corrected chi connectivity index (χ1v) is 9.25. The van der Waals surface area contributed by atoms with Crippen molar-refractivity contribution in [1.82, 2.24) is 0 Å². The van der Waals surface area contributed by atoms with Gasteiger partial charge >= 0.3 is 0 Å². The van der Waals surface area contributed by atoms with Crippen molar-refractivity contribution in [2.24, 2.45) is 0 Å². The van der Waals surface area contributed by atoms with Crippen molar-refractivity contribution in [2.75, 3.05) is 0 Å². The van der Waals surface area contributed by atoms with Crippen LogP contribution in [0.3, 0.4) is 0 Å². The third kappa shape index (κ3) is 4.60. The molecule has 0 amide bonds. The molecule has 4 rings (SSSR count). The summed E-state index contributed by atoms with van der Waals surface area (Å²) in [6.45, 7) is 0. The molecule has 0 fully saturated rings. The van der Waals surface area contributed by atoms with E-state index in [0.717, 1.165) is 26.9 Å². The van der Waals surface area contributed by atoms with Gasteiger partial charge in [0.15, 0.2) is 0 Å². The van der Waals surface area contributed by atoms with Crippen molar-refractivity contribution in [3.05, 3.63) is 54.6 Å². The number of rotatable bonds is 4. The van der Waals surface area contributed by atoms with Crippen LogP contribution in [0.4, 0.5) is 0 Å². The van der Waals surface area contributed by atoms with Crippen molar-refractivity contribution in [1.29, 1.82) is 0 Å². The van der Waals surface area contributed by atoms with Gasteiger partial charge in [0.25, 0.3) is 10.1 Å². The Hall–Kier alpha value is -2.22. The van der Waals surface area contributed by atoms with Crippen LogP contribution in [-0.2, 0) is 39.8 Å². The summed E-state index contributed by atoms with van der Waals surface area (Å²) in [5.41, 5.74) is 0. The second-order valence-corrected chi connectivity index (χ2v) is 7.02. The summed E-state index contributed by atoms with van der Waals surface area (Å²) in [5.74, 6) is 0. The van der Waals surface area contributed by atoms with Crippen LogP contribution in [0.2, 0.25) is 0 Å². The Bertz CT molecular complexity index is 1180. The molecule has 28 heavy (non-hydrogen) atoms. The summed E-state index contributed by atoms with van der Waals surface area (Å²) in [4.78, 5) is 18.5. The monoisotopic (exact) mass is 577 g/mol. The van der Waals surface area contributed by atoms with Gasteiger partial charge < -0.3 is 15.1 Å². The maximum absolute atomic E-state index is 11.5. The van der Waals surface area contributed by atoms with Gasteiger partial charge in [0.05, 0.1) is 0 Å². The molecule has 0 unspecified atom stereocenters. The Morgan fingerprint density at radius 3 is 2.14 bits per heavy atom. The molecule has 0 saturated heterocycles. The van der Waals surface area contributed by atoms with E-state index in [9.17, 15) is 22.6 Å². The number of carbonyl (C=O) groups excluding carboxylic acids is 2. The molecule has 8 heteroatoms. The van der Waals surface area contributed by atoms with Crippen molar-refractivity contribution in [3.8, 4) is 0 Å². The van der Waals surface area contributed by atoms with Crippen LogP contribution in [0.15, 0.2) is 53.4 Å². The number of hydrogen-bond donors (Lipinski definition) is 1. The topological polar surface area (TPSA) is 120 Å². The summed E-state index contributed by atoms with van der Waals surface area (Å²) in [5, 5.41) is 5.39. The first kappa shape index (κ1) is 23.8. The molecule has 0 bridgehead atoms. The third-order valence-corrected chi connectivity index (χ3v) is 4.89. The first-order valence-electron chi connectivity index (χ1n) is 7.81. The molecule has 4 aromatic rings. The van der Waals surface area contributed by atoms with E-state index < -0.39 is 10.1 Å². The van der Waals surface area contributed by atoms with Crippen LogP contribution < -0.4 is 0 Å². The largest absolute Gasteiger partial charge is 0.542 e. The van der Waals surface area contributed by atoms with E-state index >= 15 is 0 Å². The van der Waals surface area contributed by atoms with E-state index in [4.69, 9.17) is 0 Å². The number of benzene rings is 4. The van der Waals surface area contributed by atoms with Crippen molar-refractivity contribution >= 4 is 55.0 Å². The van der Waals surface area contributed by atoms with Crippen molar-refractivity contribution in [3.63, 3.8) is 0 Å². The summed E-state index contributed by atoms with van der Waals surface area (Å²) >= 11 is 0. The zero-order valence-corrected chi connectivity index (χ0v) is 17.6. The smallest absolute Gasteiger partial charge is 0.271 e. The molecule has 0 aromatic heterocycles. The van der Waals surface area contributed by atoms with Crippen LogP contribution in [0.25, 0.3) is 32.3 Å². The van der Waals surface area contributed by atoms with Gasteiger partial charge in [-0.2, -0.15) is 20.6 Å².